The van der Waals surface area contributed by atoms with Gasteiger partial charge in [0.2, 0.25) is 0 Å². The molecule has 1 aromatic carbocycles. The number of aromatic nitrogens is 2. The van der Waals surface area contributed by atoms with Gasteiger partial charge < -0.3 is 0 Å². The summed E-state index contributed by atoms with van der Waals surface area (Å²) in [5, 5.41) is 1.61. The number of rotatable bonds is 2. The summed E-state index contributed by atoms with van der Waals surface area (Å²) in [6.07, 6.45) is 0.720. The standard InChI is InChI=1S/C13H11Cl3N2/c1-3-11-17-12(7(2)13(16)18-11)9-5-4-8(14)6-10(9)15/h4-6H,3H2,1-2H3. The molecule has 0 bridgehead atoms. The molecule has 0 aliphatic carbocycles. The second-order valence-corrected chi connectivity index (χ2v) is 5.08. The summed E-state index contributed by atoms with van der Waals surface area (Å²) in [6, 6.07) is 5.32. The van der Waals surface area contributed by atoms with Crippen molar-refractivity contribution in [2.45, 2.75) is 20.3 Å². The van der Waals surface area contributed by atoms with Crippen LogP contribution in [-0.4, -0.2) is 9.97 Å². The molecule has 1 aromatic heterocycles. The molecule has 2 aromatic rings. The molecule has 94 valence electrons. The van der Waals surface area contributed by atoms with Gasteiger partial charge in [-0.1, -0.05) is 41.7 Å². The second kappa shape index (κ2) is 5.43. The van der Waals surface area contributed by atoms with Crippen LogP contribution in [0.15, 0.2) is 18.2 Å². The highest BCUT2D eigenvalue weighted by atomic mass is 35.5. The Morgan fingerprint density at radius 2 is 1.83 bits per heavy atom. The number of nitrogens with zero attached hydrogens (tertiary/aromatic N) is 2. The van der Waals surface area contributed by atoms with Gasteiger partial charge in [-0.2, -0.15) is 0 Å². The third kappa shape index (κ3) is 2.61. The number of benzene rings is 1. The lowest BCUT2D eigenvalue weighted by molar-refractivity contribution is 0.934. The molecule has 0 aliphatic rings. The molecule has 2 nitrogen and oxygen atoms in total. The highest BCUT2D eigenvalue weighted by molar-refractivity contribution is 6.36. The minimum Gasteiger partial charge on any atom is -0.232 e. The molecular weight excluding hydrogens is 291 g/mol. The largest absolute Gasteiger partial charge is 0.232 e. The Kier molecular flexibility index (Phi) is 4.10. The molecule has 0 unspecified atom stereocenters. The Hall–Kier alpha value is -0.830. The van der Waals surface area contributed by atoms with Crippen LogP contribution in [0.2, 0.25) is 15.2 Å². The zero-order chi connectivity index (χ0) is 13.3. The lowest BCUT2D eigenvalue weighted by Crippen LogP contribution is -1.99. The van der Waals surface area contributed by atoms with E-state index in [0.717, 1.165) is 23.2 Å². The topological polar surface area (TPSA) is 25.8 Å². The molecule has 1 heterocycles. The van der Waals surface area contributed by atoms with Gasteiger partial charge in [-0.15, -0.1) is 0 Å². The van der Waals surface area contributed by atoms with E-state index in [1.165, 1.54) is 0 Å². The van der Waals surface area contributed by atoms with Crippen molar-refractivity contribution in [1.82, 2.24) is 9.97 Å². The molecule has 0 amide bonds. The molecule has 0 N–H and O–H groups in total. The first kappa shape index (κ1) is 13.6. The summed E-state index contributed by atoms with van der Waals surface area (Å²) >= 11 is 18.2. The SMILES string of the molecule is CCc1nc(Cl)c(C)c(-c2ccc(Cl)cc2Cl)n1. The van der Waals surface area contributed by atoms with Gasteiger partial charge >= 0.3 is 0 Å². The molecule has 0 saturated heterocycles. The van der Waals surface area contributed by atoms with E-state index in [4.69, 9.17) is 34.8 Å². The van der Waals surface area contributed by atoms with Gasteiger partial charge in [-0.3, -0.25) is 0 Å². The Balaban J connectivity index is 2.66. The van der Waals surface area contributed by atoms with Crippen LogP contribution in [-0.2, 0) is 6.42 Å². The van der Waals surface area contributed by atoms with Gasteiger partial charge in [0.25, 0.3) is 0 Å². The van der Waals surface area contributed by atoms with Crippen molar-refractivity contribution < 1.29 is 0 Å². The molecule has 2 rings (SSSR count). The molecule has 18 heavy (non-hydrogen) atoms. The molecule has 0 fully saturated rings. The Morgan fingerprint density at radius 1 is 1.11 bits per heavy atom. The van der Waals surface area contributed by atoms with Crippen molar-refractivity contribution >= 4 is 34.8 Å². The zero-order valence-corrected chi connectivity index (χ0v) is 12.2. The molecule has 0 spiro atoms. The zero-order valence-electron chi connectivity index (χ0n) is 9.97. The van der Waals surface area contributed by atoms with Crippen molar-refractivity contribution in [3.8, 4) is 11.3 Å². The van der Waals surface area contributed by atoms with Crippen molar-refractivity contribution in [1.29, 1.82) is 0 Å². The lowest BCUT2D eigenvalue weighted by atomic mass is 10.1. The average Bonchev–Trinajstić information content (AvgIpc) is 2.33. The summed E-state index contributed by atoms with van der Waals surface area (Å²) in [5.74, 6) is 0.701. The van der Waals surface area contributed by atoms with E-state index in [0.29, 0.717) is 21.0 Å². The minimum atomic E-state index is 0.461. The fourth-order valence-electron chi connectivity index (χ4n) is 1.63. The monoisotopic (exact) mass is 300 g/mol. The third-order valence-corrected chi connectivity index (χ3v) is 3.55. The maximum atomic E-state index is 6.20. The molecule has 0 saturated carbocycles. The predicted molar refractivity (Wildman–Crippen MR) is 76.6 cm³/mol. The van der Waals surface area contributed by atoms with Crippen molar-refractivity contribution in [3.05, 3.63) is 44.8 Å². The molecule has 0 atom stereocenters. The van der Waals surface area contributed by atoms with Gasteiger partial charge in [-0.05, 0) is 25.1 Å². The van der Waals surface area contributed by atoms with Crippen molar-refractivity contribution in [3.63, 3.8) is 0 Å². The van der Waals surface area contributed by atoms with E-state index in [2.05, 4.69) is 9.97 Å². The van der Waals surface area contributed by atoms with Gasteiger partial charge in [0.1, 0.15) is 11.0 Å². The maximum absolute atomic E-state index is 6.20. The Labute approximate surface area is 121 Å². The van der Waals surface area contributed by atoms with Gasteiger partial charge in [-0.25, -0.2) is 9.97 Å². The quantitative estimate of drug-likeness (QED) is 0.731. The number of halogens is 3. The average molecular weight is 302 g/mol. The van der Waals surface area contributed by atoms with Crippen LogP contribution in [0.25, 0.3) is 11.3 Å². The van der Waals surface area contributed by atoms with Gasteiger partial charge in [0, 0.05) is 22.6 Å². The second-order valence-electron chi connectivity index (χ2n) is 3.88. The fraction of sp³-hybridized carbons (Fsp3) is 0.231. The first-order chi connectivity index (χ1) is 8.52. The van der Waals surface area contributed by atoms with Crippen molar-refractivity contribution in [2.75, 3.05) is 0 Å². The van der Waals surface area contributed by atoms with E-state index in [1.807, 2.05) is 19.9 Å². The summed E-state index contributed by atoms with van der Waals surface area (Å²) < 4.78 is 0. The summed E-state index contributed by atoms with van der Waals surface area (Å²) in [7, 11) is 0. The Morgan fingerprint density at radius 3 is 2.44 bits per heavy atom. The van der Waals surface area contributed by atoms with Crippen LogP contribution >= 0.6 is 34.8 Å². The van der Waals surface area contributed by atoms with E-state index < -0.39 is 0 Å². The minimum absolute atomic E-state index is 0.461. The highest BCUT2D eigenvalue weighted by Crippen LogP contribution is 2.32. The van der Waals surface area contributed by atoms with Crippen LogP contribution in [0, 0.1) is 6.92 Å². The van der Waals surface area contributed by atoms with E-state index in [1.54, 1.807) is 12.1 Å². The highest BCUT2D eigenvalue weighted by Gasteiger charge is 2.13. The number of aryl methyl sites for hydroxylation is 1. The van der Waals surface area contributed by atoms with Gasteiger partial charge in [0.05, 0.1) is 10.7 Å². The normalized spacial score (nSPS) is 10.7. The summed E-state index contributed by atoms with van der Waals surface area (Å²) in [6.45, 7) is 3.86. The molecule has 0 aliphatic heterocycles. The van der Waals surface area contributed by atoms with E-state index in [9.17, 15) is 0 Å². The van der Waals surface area contributed by atoms with E-state index >= 15 is 0 Å². The van der Waals surface area contributed by atoms with Crippen LogP contribution in [0.4, 0.5) is 0 Å². The van der Waals surface area contributed by atoms with Crippen LogP contribution in [0.5, 0.6) is 0 Å². The third-order valence-electron chi connectivity index (χ3n) is 2.64. The molecule has 0 radical (unpaired) electrons. The molecule has 5 heteroatoms. The smallest absolute Gasteiger partial charge is 0.136 e. The molecular formula is C13H11Cl3N2. The first-order valence-corrected chi connectivity index (χ1v) is 6.64. The summed E-state index contributed by atoms with van der Waals surface area (Å²) in [5.41, 5.74) is 2.39. The first-order valence-electron chi connectivity index (χ1n) is 5.51. The van der Waals surface area contributed by atoms with Gasteiger partial charge in [0.15, 0.2) is 0 Å². The number of hydrogen-bond donors (Lipinski definition) is 0. The lowest BCUT2D eigenvalue weighted by Gasteiger charge is -2.10. The maximum Gasteiger partial charge on any atom is 0.136 e. The van der Waals surface area contributed by atoms with Crippen LogP contribution in [0.3, 0.4) is 0 Å². The Bertz CT molecular complexity index is 597. The van der Waals surface area contributed by atoms with Crippen LogP contribution < -0.4 is 0 Å². The number of hydrogen-bond acceptors (Lipinski definition) is 2. The van der Waals surface area contributed by atoms with Crippen LogP contribution in [0.1, 0.15) is 18.3 Å². The van der Waals surface area contributed by atoms with E-state index in [-0.39, 0.29) is 0 Å². The summed E-state index contributed by atoms with van der Waals surface area (Å²) in [4.78, 5) is 8.70. The fourth-order valence-corrected chi connectivity index (χ4v) is 2.32. The van der Waals surface area contributed by atoms with Crippen molar-refractivity contribution in [2.24, 2.45) is 0 Å². The predicted octanol–water partition coefficient (Wildman–Crippen LogP) is 4.97.